The predicted octanol–water partition coefficient (Wildman–Crippen LogP) is 1.79. The number of ketones is 1. The molecule has 0 spiro atoms. The van der Waals surface area contributed by atoms with Crippen LogP contribution in [0.25, 0.3) is 0 Å². The first-order chi connectivity index (χ1) is 7.04. The van der Waals surface area contributed by atoms with E-state index in [0.717, 1.165) is 0 Å². The van der Waals surface area contributed by atoms with Crippen molar-refractivity contribution < 1.29 is 19.4 Å². The number of ether oxygens (including phenoxy) is 1. The Kier molecular flexibility index (Phi) is 3.68. The fourth-order valence-electron chi connectivity index (χ4n) is 1.04. The molecule has 0 fully saturated rings. The van der Waals surface area contributed by atoms with Crippen LogP contribution in [0.15, 0.2) is 18.2 Å². The summed E-state index contributed by atoms with van der Waals surface area (Å²) in [6, 6.07) is 4.07. The van der Waals surface area contributed by atoms with E-state index in [1.165, 1.54) is 25.3 Å². The zero-order valence-electron chi connectivity index (χ0n) is 7.99. The van der Waals surface area contributed by atoms with Crippen molar-refractivity contribution in [3.05, 3.63) is 28.8 Å². The molecule has 0 heterocycles. The van der Waals surface area contributed by atoms with E-state index in [9.17, 15) is 14.7 Å². The summed E-state index contributed by atoms with van der Waals surface area (Å²) in [6.45, 7) is 0. The lowest BCUT2D eigenvalue weighted by Gasteiger charge is -2.03. The number of aromatic hydroxyl groups is 1. The number of Topliss-reactive ketones (excluding diaryl/α,β-unsaturated/α-hetero) is 1. The lowest BCUT2D eigenvalue weighted by Crippen LogP contribution is -2.09. The highest BCUT2D eigenvalue weighted by atomic mass is 35.5. The highest BCUT2D eigenvalue weighted by Crippen LogP contribution is 2.23. The minimum atomic E-state index is -0.644. The molecule has 1 rings (SSSR count). The van der Waals surface area contributed by atoms with E-state index in [1.807, 2.05) is 0 Å². The molecule has 0 bridgehead atoms. The monoisotopic (exact) mass is 228 g/mol. The normalized spacial score (nSPS) is 9.73. The molecule has 1 aromatic carbocycles. The maximum atomic E-state index is 11.4. The quantitative estimate of drug-likeness (QED) is 0.487. The SMILES string of the molecule is COC(=O)CC(=O)c1ccc(Cl)cc1O. The highest BCUT2D eigenvalue weighted by molar-refractivity contribution is 6.30. The molecule has 4 nitrogen and oxygen atoms in total. The van der Waals surface area contributed by atoms with Crippen LogP contribution in [0.2, 0.25) is 5.02 Å². The highest BCUT2D eigenvalue weighted by Gasteiger charge is 2.15. The average molecular weight is 229 g/mol. The molecule has 0 aliphatic carbocycles. The third-order valence-corrected chi connectivity index (χ3v) is 2.03. The van der Waals surface area contributed by atoms with E-state index >= 15 is 0 Å². The number of halogens is 1. The summed E-state index contributed by atoms with van der Waals surface area (Å²) in [7, 11) is 1.19. The van der Waals surface area contributed by atoms with Crippen molar-refractivity contribution in [2.75, 3.05) is 7.11 Å². The van der Waals surface area contributed by atoms with Gasteiger partial charge in [0.05, 0.1) is 12.7 Å². The van der Waals surface area contributed by atoms with Crippen LogP contribution in [0, 0.1) is 0 Å². The zero-order chi connectivity index (χ0) is 11.4. The topological polar surface area (TPSA) is 63.6 Å². The summed E-state index contributed by atoms with van der Waals surface area (Å²) in [5.41, 5.74) is 0.0600. The number of carbonyl (C=O) groups is 2. The van der Waals surface area contributed by atoms with E-state index < -0.39 is 18.2 Å². The molecule has 0 unspecified atom stereocenters. The first-order valence-corrected chi connectivity index (χ1v) is 4.51. The van der Waals surface area contributed by atoms with Gasteiger partial charge in [0.1, 0.15) is 12.2 Å². The number of methoxy groups -OCH3 is 1. The van der Waals surface area contributed by atoms with E-state index in [-0.39, 0.29) is 11.3 Å². The van der Waals surface area contributed by atoms with Crippen molar-refractivity contribution in [2.24, 2.45) is 0 Å². The molecule has 0 aromatic heterocycles. The van der Waals surface area contributed by atoms with Crippen LogP contribution in [-0.2, 0) is 9.53 Å². The van der Waals surface area contributed by atoms with Gasteiger partial charge in [-0.25, -0.2) is 0 Å². The van der Waals surface area contributed by atoms with Crippen LogP contribution in [0.5, 0.6) is 5.75 Å². The van der Waals surface area contributed by atoms with E-state index in [2.05, 4.69) is 4.74 Å². The molecule has 0 amide bonds. The van der Waals surface area contributed by atoms with Crippen LogP contribution < -0.4 is 0 Å². The standard InChI is InChI=1S/C10H9ClO4/c1-15-10(14)5-9(13)7-3-2-6(11)4-8(7)12/h2-4,12H,5H2,1H3. The summed E-state index contributed by atoms with van der Waals surface area (Å²) >= 11 is 5.59. The van der Waals surface area contributed by atoms with Gasteiger partial charge in [-0.2, -0.15) is 0 Å². The number of hydrogen-bond donors (Lipinski definition) is 1. The number of esters is 1. The molecule has 0 aliphatic heterocycles. The second-order valence-corrected chi connectivity index (χ2v) is 3.27. The Morgan fingerprint density at radius 1 is 1.47 bits per heavy atom. The van der Waals surface area contributed by atoms with Gasteiger partial charge in [0.15, 0.2) is 5.78 Å². The van der Waals surface area contributed by atoms with Gasteiger partial charge in [-0.05, 0) is 18.2 Å². The second kappa shape index (κ2) is 4.79. The first-order valence-electron chi connectivity index (χ1n) is 4.13. The zero-order valence-corrected chi connectivity index (χ0v) is 8.75. The summed E-state index contributed by atoms with van der Waals surface area (Å²) in [5.74, 6) is -1.39. The fourth-order valence-corrected chi connectivity index (χ4v) is 1.21. The predicted molar refractivity (Wildman–Crippen MR) is 54.1 cm³/mol. The first kappa shape index (κ1) is 11.5. The van der Waals surface area contributed by atoms with Crippen LogP contribution in [0.3, 0.4) is 0 Å². The number of carbonyl (C=O) groups excluding carboxylic acids is 2. The Bertz CT molecular complexity index is 400. The molecular weight excluding hydrogens is 220 g/mol. The Morgan fingerprint density at radius 3 is 2.67 bits per heavy atom. The molecule has 0 radical (unpaired) electrons. The molecular formula is C10H9ClO4. The lowest BCUT2D eigenvalue weighted by atomic mass is 10.1. The number of phenols is 1. The number of rotatable bonds is 3. The Labute approximate surface area is 91.4 Å². The van der Waals surface area contributed by atoms with Gasteiger partial charge in [-0.15, -0.1) is 0 Å². The number of hydrogen-bond acceptors (Lipinski definition) is 4. The van der Waals surface area contributed by atoms with Gasteiger partial charge < -0.3 is 9.84 Å². The maximum absolute atomic E-state index is 11.4. The molecule has 0 atom stereocenters. The van der Waals surface area contributed by atoms with Crippen LogP contribution in [0.1, 0.15) is 16.8 Å². The average Bonchev–Trinajstić information content (AvgIpc) is 2.17. The maximum Gasteiger partial charge on any atom is 0.313 e. The smallest absolute Gasteiger partial charge is 0.313 e. The third-order valence-electron chi connectivity index (χ3n) is 1.79. The van der Waals surface area contributed by atoms with Crippen molar-refractivity contribution >= 4 is 23.4 Å². The summed E-state index contributed by atoms with van der Waals surface area (Å²) in [6.07, 6.45) is -0.397. The van der Waals surface area contributed by atoms with Crippen molar-refractivity contribution in [3.63, 3.8) is 0 Å². The molecule has 15 heavy (non-hydrogen) atoms. The number of benzene rings is 1. The van der Waals surface area contributed by atoms with Gasteiger partial charge >= 0.3 is 5.97 Å². The summed E-state index contributed by atoms with van der Waals surface area (Å²) in [4.78, 5) is 22.3. The molecule has 5 heteroatoms. The Hall–Kier alpha value is -1.55. The van der Waals surface area contributed by atoms with Gasteiger partial charge in [-0.3, -0.25) is 9.59 Å². The van der Waals surface area contributed by atoms with Gasteiger partial charge in [0.25, 0.3) is 0 Å². The van der Waals surface area contributed by atoms with E-state index in [0.29, 0.717) is 5.02 Å². The molecule has 1 aromatic rings. The van der Waals surface area contributed by atoms with Crippen LogP contribution >= 0.6 is 11.6 Å². The van der Waals surface area contributed by atoms with Crippen molar-refractivity contribution in [1.29, 1.82) is 0 Å². The van der Waals surface area contributed by atoms with Crippen molar-refractivity contribution in [2.45, 2.75) is 6.42 Å². The van der Waals surface area contributed by atoms with Crippen molar-refractivity contribution in [1.82, 2.24) is 0 Å². The molecule has 80 valence electrons. The van der Waals surface area contributed by atoms with Crippen LogP contribution in [0.4, 0.5) is 0 Å². The van der Waals surface area contributed by atoms with E-state index in [4.69, 9.17) is 11.6 Å². The van der Waals surface area contributed by atoms with Gasteiger partial charge in [0.2, 0.25) is 0 Å². The molecule has 1 N–H and O–H groups in total. The minimum Gasteiger partial charge on any atom is -0.507 e. The molecule has 0 saturated heterocycles. The molecule has 0 saturated carbocycles. The van der Waals surface area contributed by atoms with Crippen molar-refractivity contribution in [3.8, 4) is 5.75 Å². The summed E-state index contributed by atoms with van der Waals surface area (Å²) in [5, 5.41) is 9.71. The van der Waals surface area contributed by atoms with E-state index in [1.54, 1.807) is 0 Å². The lowest BCUT2D eigenvalue weighted by molar-refractivity contribution is -0.139. The fraction of sp³-hybridized carbons (Fsp3) is 0.200. The van der Waals surface area contributed by atoms with Crippen LogP contribution in [-0.4, -0.2) is 24.0 Å². The third kappa shape index (κ3) is 2.95. The largest absolute Gasteiger partial charge is 0.507 e. The number of phenolic OH excluding ortho intramolecular Hbond substituents is 1. The Balaban J connectivity index is 2.87. The van der Waals surface area contributed by atoms with Gasteiger partial charge in [-0.1, -0.05) is 11.6 Å². The van der Waals surface area contributed by atoms with Gasteiger partial charge in [0, 0.05) is 5.02 Å². The summed E-state index contributed by atoms with van der Waals surface area (Å²) < 4.78 is 4.34. The minimum absolute atomic E-state index is 0.0600. The molecule has 0 aliphatic rings. The Morgan fingerprint density at radius 2 is 2.13 bits per heavy atom. The second-order valence-electron chi connectivity index (χ2n) is 2.84.